The number of H-pyrrole nitrogens is 1. The van der Waals surface area contributed by atoms with E-state index in [1.54, 1.807) is 19.2 Å². The number of aromatic amines is 1. The van der Waals surface area contributed by atoms with Crippen molar-refractivity contribution in [2.24, 2.45) is 5.73 Å². The van der Waals surface area contributed by atoms with E-state index in [1.165, 1.54) is 16.3 Å². The second-order valence-electron chi connectivity index (χ2n) is 10.2. The summed E-state index contributed by atoms with van der Waals surface area (Å²) in [7, 11) is 3.68. The van der Waals surface area contributed by atoms with E-state index in [-0.39, 0.29) is 17.7 Å². The van der Waals surface area contributed by atoms with E-state index in [4.69, 9.17) is 10.5 Å². The van der Waals surface area contributed by atoms with Crippen molar-refractivity contribution in [1.82, 2.24) is 25.0 Å². The lowest BCUT2D eigenvalue weighted by molar-refractivity contribution is 0.0669. The van der Waals surface area contributed by atoms with Gasteiger partial charge in [0, 0.05) is 45.4 Å². The van der Waals surface area contributed by atoms with E-state index in [1.807, 2.05) is 28.1 Å². The molecule has 1 aliphatic carbocycles. The number of aromatic nitrogens is 2. The molecule has 12 heteroatoms. The summed E-state index contributed by atoms with van der Waals surface area (Å²) in [5.41, 5.74) is 8.92. The van der Waals surface area contributed by atoms with Crippen molar-refractivity contribution in [3.8, 4) is 21.8 Å². The average molecular weight is 550 g/mol. The molecule has 2 aliphatic heterocycles. The van der Waals surface area contributed by atoms with Gasteiger partial charge in [-0.2, -0.15) is 5.10 Å². The minimum atomic E-state index is -0.657. The summed E-state index contributed by atoms with van der Waals surface area (Å²) in [5, 5.41) is 10.8. The number of carbonyl (C=O) groups excluding carboxylic acids is 3. The molecule has 0 saturated carbocycles. The number of fused-ring (bicyclic) bond motifs is 3. The molecular formula is C27H31N7O4S. The fraction of sp³-hybridized carbons (Fsp3) is 0.407. The third-order valence-electron chi connectivity index (χ3n) is 7.77. The van der Waals surface area contributed by atoms with Crippen LogP contribution in [0, 0.1) is 0 Å². The largest absolute Gasteiger partial charge is 0.383 e. The Labute approximate surface area is 230 Å². The van der Waals surface area contributed by atoms with Gasteiger partial charge in [-0.15, -0.1) is 11.3 Å². The fourth-order valence-electron chi connectivity index (χ4n) is 5.80. The smallest absolute Gasteiger partial charge is 0.334 e. The topological polar surface area (TPSA) is 128 Å². The van der Waals surface area contributed by atoms with E-state index in [9.17, 15) is 14.4 Å². The second-order valence-corrected chi connectivity index (χ2v) is 11.3. The second kappa shape index (κ2) is 10.2. The van der Waals surface area contributed by atoms with Crippen LogP contribution in [0.2, 0.25) is 0 Å². The number of piperazine rings is 1. The van der Waals surface area contributed by atoms with E-state index in [2.05, 4.69) is 22.1 Å². The van der Waals surface area contributed by atoms with Gasteiger partial charge in [0.2, 0.25) is 0 Å². The lowest BCUT2D eigenvalue weighted by atomic mass is 10.1. The number of primary amides is 1. The van der Waals surface area contributed by atoms with Crippen LogP contribution in [0.5, 0.6) is 0 Å². The van der Waals surface area contributed by atoms with Crippen LogP contribution in [0.1, 0.15) is 38.4 Å². The molecule has 2 saturated heterocycles. The first-order valence-electron chi connectivity index (χ1n) is 13.1. The zero-order chi connectivity index (χ0) is 27.3. The number of hydrogen-bond donors (Lipinski definition) is 2. The van der Waals surface area contributed by atoms with Gasteiger partial charge < -0.3 is 20.3 Å². The SMILES string of the molecule is COCC1CCCN1N(C(N)=O)c1cccc2c1C(=O)c1c-2n[nH]c1-c1ccc(C(=O)N2CCN(C)CC2)s1. The molecule has 4 heterocycles. The molecule has 2 aromatic heterocycles. The van der Waals surface area contributed by atoms with E-state index >= 15 is 0 Å². The normalized spacial score (nSPS) is 19.4. The molecule has 0 spiro atoms. The van der Waals surface area contributed by atoms with Crippen molar-refractivity contribution in [2.75, 3.05) is 58.5 Å². The van der Waals surface area contributed by atoms with Crippen LogP contribution in [0.25, 0.3) is 21.8 Å². The summed E-state index contributed by atoms with van der Waals surface area (Å²) in [6.07, 6.45) is 1.75. The van der Waals surface area contributed by atoms with E-state index in [0.29, 0.717) is 64.9 Å². The zero-order valence-corrected chi connectivity index (χ0v) is 22.8. The highest BCUT2D eigenvalue weighted by atomic mass is 32.1. The van der Waals surface area contributed by atoms with Crippen LogP contribution in [0.3, 0.4) is 0 Å². The van der Waals surface area contributed by atoms with Gasteiger partial charge in [0.15, 0.2) is 5.78 Å². The molecule has 1 aromatic carbocycles. The van der Waals surface area contributed by atoms with Crippen LogP contribution in [-0.2, 0) is 4.74 Å². The van der Waals surface area contributed by atoms with Crippen molar-refractivity contribution in [3.63, 3.8) is 0 Å². The number of methoxy groups -OCH3 is 1. The molecule has 0 radical (unpaired) electrons. The van der Waals surface area contributed by atoms with Gasteiger partial charge in [-0.25, -0.2) is 14.8 Å². The van der Waals surface area contributed by atoms with Crippen LogP contribution in [-0.4, -0.2) is 102 Å². The minimum absolute atomic E-state index is 0.000681. The molecule has 0 bridgehead atoms. The van der Waals surface area contributed by atoms with Gasteiger partial charge in [-0.05, 0) is 38.1 Å². The molecular weight excluding hydrogens is 518 g/mol. The first-order chi connectivity index (χ1) is 18.9. The van der Waals surface area contributed by atoms with E-state index in [0.717, 1.165) is 30.8 Å². The van der Waals surface area contributed by atoms with E-state index < -0.39 is 6.03 Å². The first-order valence-corrected chi connectivity index (χ1v) is 13.9. The zero-order valence-electron chi connectivity index (χ0n) is 22.0. The highest BCUT2D eigenvalue weighted by Crippen LogP contribution is 2.45. The van der Waals surface area contributed by atoms with Gasteiger partial charge >= 0.3 is 6.03 Å². The maximum absolute atomic E-state index is 14.0. The molecule has 6 rings (SSSR count). The number of thiophene rings is 1. The van der Waals surface area contributed by atoms with Gasteiger partial charge in [0.05, 0.1) is 44.9 Å². The van der Waals surface area contributed by atoms with Gasteiger partial charge in [-0.1, -0.05) is 12.1 Å². The molecule has 3 amide bonds. The number of amides is 3. The third-order valence-corrected chi connectivity index (χ3v) is 8.86. The van der Waals surface area contributed by atoms with Crippen molar-refractivity contribution in [3.05, 3.63) is 46.3 Å². The van der Waals surface area contributed by atoms with Gasteiger partial charge in [-0.3, -0.25) is 14.7 Å². The Morgan fingerprint density at radius 2 is 1.95 bits per heavy atom. The average Bonchev–Trinajstić information content (AvgIpc) is 3.71. The number of anilines is 1. The molecule has 39 heavy (non-hydrogen) atoms. The van der Waals surface area contributed by atoms with Crippen molar-refractivity contribution < 1.29 is 19.1 Å². The number of rotatable bonds is 6. The fourth-order valence-corrected chi connectivity index (χ4v) is 6.77. The molecule has 3 aromatic rings. The number of ether oxygens (including phenoxy) is 1. The third kappa shape index (κ3) is 4.33. The number of hydrogen-bond acceptors (Lipinski definition) is 8. The lowest BCUT2D eigenvalue weighted by Gasteiger charge is -2.35. The van der Waals surface area contributed by atoms with Crippen molar-refractivity contribution in [1.29, 1.82) is 0 Å². The molecule has 3 N–H and O–H groups in total. The Morgan fingerprint density at radius 3 is 2.69 bits per heavy atom. The monoisotopic (exact) mass is 549 g/mol. The Bertz CT molecular complexity index is 1440. The first kappa shape index (κ1) is 25.7. The maximum atomic E-state index is 14.0. The summed E-state index contributed by atoms with van der Waals surface area (Å²) >= 11 is 1.35. The summed E-state index contributed by atoms with van der Waals surface area (Å²) in [4.78, 5) is 45.3. The van der Waals surface area contributed by atoms with Crippen LogP contribution < -0.4 is 10.7 Å². The highest BCUT2D eigenvalue weighted by Gasteiger charge is 2.40. The number of nitrogens with two attached hydrogens (primary N) is 1. The minimum Gasteiger partial charge on any atom is -0.383 e. The number of nitrogens with zero attached hydrogens (tertiary/aromatic N) is 5. The molecule has 2 fully saturated rings. The summed E-state index contributed by atoms with van der Waals surface area (Å²) in [6.45, 7) is 4.16. The molecule has 1 atom stereocenters. The lowest BCUT2D eigenvalue weighted by Crippen LogP contribution is -2.53. The summed E-state index contributed by atoms with van der Waals surface area (Å²) in [6, 6.07) is 8.37. The van der Waals surface area contributed by atoms with Crippen LogP contribution in [0.15, 0.2) is 30.3 Å². The Hall–Kier alpha value is -3.58. The number of ketones is 1. The van der Waals surface area contributed by atoms with Crippen molar-refractivity contribution >= 4 is 34.7 Å². The predicted octanol–water partition coefficient (Wildman–Crippen LogP) is 2.65. The number of likely N-dealkylation sites (N-methyl/N-ethyl adjacent to an activating group) is 1. The summed E-state index contributed by atoms with van der Waals surface area (Å²) < 4.78 is 5.37. The standard InChI is InChI=1S/C27H31N7O4S/c1-31-11-13-32(14-12-31)26(36)20-9-8-19(39-20)24-22-23(29-30-24)17-6-3-7-18(21(17)25(22)35)34(27(28)37)33-10-4-5-16(33)15-38-2/h3,6-9,16H,4-5,10-15H2,1-2H3,(H2,28,37)(H,29,30). The maximum Gasteiger partial charge on any atom is 0.334 e. The predicted molar refractivity (Wildman–Crippen MR) is 148 cm³/mol. The van der Waals surface area contributed by atoms with Crippen LogP contribution in [0.4, 0.5) is 10.5 Å². The van der Waals surface area contributed by atoms with Crippen LogP contribution >= 0.6 is 11.3 Å². The Kier molecular flexibility index (Phi) is 6.71. The Morgan fingerprint density at radius 1 is 1.15 bits per heavy atom. The molecule has 1 unspecified atom stereocenters. The highest BCUT2D eigenvalue weighted by molar-refractivity contribution is 7.17. The number of urea groups is 1. The quantitative estimate of drug-likeness (QED) is 0.378. The molecule has 3 aliphatic rings. The van der Waals surface area contributed by atoms with Crippen molar-refractivity contribution in [2.45, 2.75) is 18.9 Å². The molecule has 204 valence electrons. The number of nitrogens with one attached hydrogen (secondary N) is 1. The number of benzene rings is 1. The summed E-state index contributed by atoms with van der Waals surface area (Å²) in [5.74, 6) is -0.228. The molecule has 11 nitrogen and oxygen atoms in total. The van der Waals surface area contributed by atoms with Gasteiger partial charge in [0.25, 0.3) is 5.91 Å². The Balaban J connectivity index is 1.33. The number of hydrazine groups is 1. The number of carbonyl (C=O) groups is 3. The van der Waals surface area contributed by atoms with Gasteiger partial charge in [0.1, 0.15) is 5.69 Å².